The van der Waals surface area contributed by atoms with Gasteiger partial charge in [-0.15, -0.1) is 0 Å². The van der Waals surface area contributed by atoms with Gasteiger partial charge in [0.05, 0.1) is 22.7 Å². The third-order valence-electron chi connectivity index (χ3n) is 2.94. The van der Waals surface area contributed by atoms with Crippen LogP contribution in [0.4, 0.5) is 13.2 Å². The maximum Gasteiger partial charge on any atom is 0.417 e. The van der Waals surface area contributed by atoms with Gasteiger partial charge in [0.2, 0.25) is 0 Å². The van der Waals surface area contributed by atoms with Gasteiger partial charge in [-0.3, -0.25) is 4.98 Å². The number of pyridine rings is 1. The molecular formula is C15H13ClF3NO3. The minimum Gasteiger partial charge on any atom is -0.481 e. The lowest BCUT2D eigenvalue weighted by Gasteiger charge is -2.13. The Bertz CT molecular complexity index is 747. The van der Waals surface area contributed by atoms with Crippen LogP contribution in [0.3, 0.4) is 0 Å². The van der Waals surface area contributed by atoms with Crippen molar-refractivity contribution in [3.05, 3.63) is 34.5 Å². The Kier molecular flexibility index (Phi) is 4.99. The van der Waals surface area contributed by atoms with Crippen molar-refractivity contribution in [2.45, 2.75) is 20.0 Å². The number of carbonyl (C=O) groups excluding carboxylic acids is 1. The number of hydrogen-bond acceptors (Lipinski definition) is 4. The molecule has 0 N–H and O–H groups in total. The Morgan fingerprint density at radius 2 is 2.00 bits per heavy atom. The van der Waals surface area contributed by atoms with Gasteiger partial charge in [0, 0.05) is 17.1 Å². The standard InChI is InChI=1S/C15H13ClF3NO3/c1-3-22-14(21)7-23-13-4-8(2)20-12-6-10(15(17,18)19)11(16)5-9(12)13/h4-6H,3,7H2,1-2H3. The predicted molar refractivity (Wildman–Crippen MR) is 78.6 cm³/mol. The minimum atomic E-state index is -4.58. The van der Waals surface area contributed by atoms with Crippen molar-refractivity contribution >= 4 is 28.5 Å². The zero-order chi connectivity index (χ0) is 17.2. The molecule has 23 heavy (non-hydrogen) atoms. The molecule has 2 rings (SSSR count). The van der Waals surface area contributed by atoms with Crippen LogP contribution in [0.15, 0.2) is 18.2 Å². The quantitative estimate of drug-likeness (QED) is 0.779. The highest BCUT2D eigenvalue weighted by Gasteiger charge is 2.34. The molecule has 0 saturated heterocycles. The summed E-state index contributed by atoms with van der Waals surface area (Å²) in [5.41, 5.74) is -0.437. The summed E-state index contributed by atoms with van der Waals surface area (Å²) in [7, 11) is 0. The molecule has 1 aromatic heterocycles. The van der Waals surface area contributed by atoms with Crippen molar-refractivity contribution in [3.63, 3.8) is 0 Å². The lowest BCUT2D eigenvalue weighted by molar-refractivity contribution is -0.145. The summed E-state index contributed by atoms with van der Waals surface area (Å²) < 4.78 is 48.8. The third kappa shape index (κ3) is 4.04. The van der Waals surface area contributed by atoms with Crippen LogP contribution in [0.2, 0.25) is 5.02 Å². The molecule has 0 unspecified atom stereocenters. The Labute approximate surface area is 135 Å². The number of alkyl halides is 3. The molecule has 0 aliphatic rings. The van der Waals surface area contributed by atoms with Crippen molar-refractivity contribution in [2.24, 2.45) is 0 Å². The SMILES string of the molecule is CCOC(=O)COc1cc(C)nc2cc(C(F)(F)F)c(Cl)cc12. The number of fused-ring (bicyclic) bond motifs is 1. The molecule has 2 aromatic rings. The summed E-state index contributed by atoms with van der Waals surface area (Å²) in [4.78, 5) is 15.4. The average molecular weight is 348 g/mol. The Balaban J connectivity index is 2.46. The summed E-state index contributed by atoms with van der Waals surface area (Å²) in [6.07, 6.45) is -4.58. The number of hydrogen-bond donors (Lipinski definition) is 0. The van der Waals surface area contributed by atoms with Crippen molar-refractivity contribution in [1.82, 2.24) is 4.98 Å². The molecule has 0 atom stereocenters. The Morgan fingerprint density at radius 1 is 1.30 bits per heavy atom. The first-order valence-electron chi connectivity index (χ1n) is 6.69. The summed E-state index contributed by atoms with van der Waals surface area (Å²) in [5, 5.41) is -0.172. The molecular weight excluding hydrogens is 335 g/mol. The molecule has 0 radical (unpaired) electrons. The number of esters is 1. The van der Waals surface area contributed by atoms with E-state index in [-0.39, 0.29) is 29.9 Å². The molecule has 0 aliphatic carbocycles. The first kappa shape index (κ1) is 17.3. The monoisotopic (exact) mass is 347 g/mol. The largest absolute Gasteiger partial charge is 0.481 e. The van der Waals surface area contributed by atoms with E-state index in [0.29, 0.717) is 5.69 Å². The van der Waals surface area contributed by atoms with Gasteiger partial charge in [-0.25, -0.2) is 4.79 Å². The molecule has 0 bridgehead atoms. The molecule has 0 amide bonds. The van der Waals surface area contributed by atoms with Crippen LogP contribution in [-0.4, -0.2) is 24.2 Å². The van der Waals surface area contributed by atoms with Gasteiger partial charge in [0.25, 0.3) is 0 Å². The van der Waals surface area contributed by atoms with Crippen LogP contribution in [0.1, 0.15) is 18.2 Å². The summed E-state index contributed by atoms with van der Waals surface area (Å²) in [6.45, 7) is 3.12. The lowest BCUT2D eigenvalue weighted by Crippen LogP contribution is -2.15. The zero-order valence-corrected chi connectivity index (χ0v) is 13.1. The molecule has 0 aliphatic heterocycles. The number of aromatic nitrogens is 1. The van der Waals surface area contributed by atoms with E-state index in [1.165, 1.54) is 6.07 Å². The predicted octanol–water partition coefficient (Wildman–Crippen LogP) is 4.16. The maximum absolute atomic E-state index is 12.9. The maximum atomic E-state index is 12.9. The fourth-order valence-electron chi connectivity index (χ4n) is 2.02. The molecule has 1 aromatic carbocycles. The van der Waals surface area contributed by atoms with Crippen LogP contribution < -0.4 is 4.74 Å². The molecule has 8 heteroatoms. The first-order valence-corrected chi connectivity index (χ1v) is 7.06. The van der Waals surface area contributed by atoms with Crippen LogP contribution in [0, 0.1) is 6.92 Å². The van der Waals surface area contributed by atoms with Gasteiger partial charge >= 0.3 is 12.1 Å². The first-order chi connectivity index (χ1) is 10.7. The average Bonchev–Trinajstić information content (AvgIpc) is 2.44. The lowest BCUT2D eigenvalue weighted by atomic mass is 10.1. The number of nitrogens with zero attached hydrogens (tertiary/aromatic N) is 1. The number of benzene rings is 1. The van der Waals surface area contributed by atoms with Crippen molar-refractivity contribution in [1.29, 1.82) is 0 Å². The number of carbonyl (C=O) groups is 1. The fourth-order valence-corrected chi connectivity index (χ4v) is 2.29. The zero-order valence-electron chi connectivity index (χ0n) is 12.3. The van der Waals surface area contributed by atoms with Crippen molar-refractivity contribution < 1.29 is 27.4 Å². The van der Waals surface area contributed by atoms with Crippen LogP contribution in [0.5, 0.6) is 5.75 Å². The van der Waals surface area contributed by atoms with Crippen LogP contribution >= 0.6 is 11.6 Å². The molecule has 0 saturated carbocycles. The molecule has 4 nitrogen and oxygen atoms in total. The van der Waals surface area contributed by atoms with E-state index in [2.05, 4.69) is 4.98 Å². The highest BCUT2D eigenvalue weighted by atomic mass is 35.5. The van der Waals surface area contributed by atoms with Gasteiger partial charge in [-0.2, -0.15) is 13.2 Å². The summed E-state index contributed by atoms with van der Waals surface area (Å²) in [5.74, 6) is -0.357. The Hall–Kier alpha value is -2.02. The number of ether oxygens (including phenoxy) is 2. The summed E-state index contributed by atoms with van der Waals surface area (Å²) in [6, 6.07) is 3.51. The normalized spacial score (nSPS) is 11.6. The second kappa shape index (κ2) is 6.62. The smallest absolute Gasteiger partial charge is 0.417 e. The van der Waals surface area contributed by atoms with Gasteiger partial charge in [-0.05, 0) is 26.0 Å². The topological polar surface area (TPSA) is 48.4 Å². The molecule has 124 valence electrons. The van der Waals surface area contributed by atoms with E-state index in [0.717, 1.165) is 12.1 Å². The van der Waals surface area contributed by atoms with Gasteiger partial charge in [0.1, 0.15) is 5.75 Å². The van der Waals surface area contributed by atoms with E-state index in [1.54, 1.807) is 13.8 Å². The third-order valence-corrected chi connectivity index (χ3v) is 3.26. The number of aryl methyl sites for hydroxylation is 1. The minimum absolute atomic E-state index is 0.0839. The second-order valence-electron chi connectivity index (χ2n) is 4.70. The molecule has 0 spiro atoms. The van der Waals surface area contributed by atoms with Gasteiger partial charge in [0.15, 0.2) is 6.61 Å². The van der Waals surface area contributed by atoms with E-state index in [4.69, 9.17) is 21.1 Å². The summed E-state index contributed by atoms with van der Waals surface area (Å²) >= 11 is 5.72. The van der Waals surface area contributed by atoms with Gasteiger partial charge < -0.3 is 9.47 Å². The highest BCUT2D eigenvalue weighted by Crippen LogP contribution is 2.38. The second-order valence-corrected chi connectivity index (χ2v) is 5.11. The fraction of sp³-hybridized carbons (Fsp3) is 0.333. The number of halogens is 4. The van der Waals surface area contributed by atoms with E-state index < -0.39 is 22.7 Å². The van der Waals surface area contributed by atoms with Gasteiger partial charge in [-0.1, -0.05) is 11.6 Å². The van der Waals surface area contributed by atoms with E-state index >= 15 is 0 Å². The van der Waals surface area contributed by atoms with Crippen LogP contribution in [0.25, 0.3) is 10.9 Å². The van der Waals surface area contributed by atoms with Crippen molar-refractivity contribution in [3.8, 4) is 5.75 Å². The van der Waals surface area contributed by atoms with E-state index in [9.17, 15) is 18.0 Å². The van der Waals surface area contributed by atoms with E-state index in [1.807, 2.05) is 0 Å². The van der Waals surface area contributed by atoms with Crippen molar-refractivity contribution in [2.75, 3.05) is 13.2 Å². The Morgan fingerprint density at radius 3 is 2.61 bits per heavy atom. The molecule has 0 fully saturated rings. The van der Waals surface area contributed by atoms with Crippen LogP contribution in [-0.2, 0) is 15.7 Å². The highest BCUT2D eigenvalue weighted by molar-refractivity contribution is 6.32. The number of rotatable bonds is 4. The molecule has 1 heterocycles.